The molecule has 0 bridgehead atoms. The molecule has 2 aromatic rings. The lowest BCUT2D eigenvalue weighted by atomic mass is 9.85. The normalized spacial score (nSPS) is 16.9. The number of benzene rings is 1. The predicted molar refractivity (Wildman–Crippen MR) is 133 cm³/mol. The van der Waals surface area contributed by atoms with E-state index in [0.29, 0.717) is 23.7 Å². The molecule has 1 N–H and O–H groups in total. The summed E-state index contributed by atoms with van der Waals surface area (Å²) in [5.41, 5.74) is 2.75. The highest BCUT2D eigenvalue weighted by atomic mass is 32.1. The number of carbonyl (C=O) groups is 2. The average Bonchev–Trinajstić information content (AvgIpc) is 3.23. The van der Waals surface area contributed by atoms with Gasteiger partial charge in [-0.1, -0.05) is 58.9 Å². The van der Waals surface area contributed by atoms with Crippen molar-refractivity contribution in [1.29, 1.82) is 0 Å². The van der Waals surface area contributed by atoms with E-state index in [4.69, 9.17) is 0 Å². The number of hydrogen-bond donors (Lipinski definition) is 1. The van der Waals surface area contributed by atoms with E-state index in [1.54, 1.807) is 11.8 Å². The number of aryl methyl sites for hydroxylation is 2. The molecule has 1 aliphatic heterocycles. The Morgan fingerprint density at radius 1 is 1.15 bits per heavy atom. The SMILES string of the molecule is CCN(CC)CCN1C(=O)C(O)=C(C(=O)c2sc(C)nc2C)[C@H]1c1ccc(C(C)(C)C)cc1. The number of aromatic nitrogens is 1. The third-order valence-corrected chi connectivity index (χ3v) is 7.37. The quantitative estimate of drug-likeness (QED) is 0.552. The first-order chi connectivity index (χ1) is 15.5. The van der Waals surface area contributed by atoms with Crippen LogP contribution >= 0.6 is 11.3 Å². The van der Waals surface area contributed by atoms with Crippen molar-refractivity contribution < 1.29 is 14.7 Å². The number of ketones is 1. The third-order valence-electron chi connectivity index (χ3n) is 6.30. The van der Waals surface area contributed by atoms with Gasteiger partial charge in [0.25, 0.3) is 5.91 Å². The van der Waals surface area contributed by atoms with Gasteiger partial charge in [0.15, 0.2) is 5.76 Å². The fourth-order valence-electron chi connectivity index (χ4n) is 4.28. The zero-order valence-corrected chi connectivity index (χ0v) is 21.5. The van der Waals surface area contributed by atoms with Crippen molar-refractivity contribution in [2.45, 2.75) is 59.9 Å². The first-order valence-corrected chi connectivity index (χ1v) is 12.4. The van der Waals surface area contributed by atoms with E-state index in [2.05, 4.69) is 44.5 Å². The summed E-state index contributed by atoms with van der Waals surface area (Å²) >= 11 is 1.30. The number of hydrogen-bond acceptors (Lipinski definition) is 6. The summed E-state index contributed by atoms with van der Waals surface area (Å²) in [5, 5.41) is 11.7. The monoisotopic (exact) mass is 469 g/mol. The molecule has 1 aromatic heterocycles. The standard InChI is InChI=1S/C26H35N3O3S/c1-8-28(9-2)14-15-29-21(18-10-12-19(13-11-18)26(5,6)7)20(23(31)25(29)32)22(30)24-16(3)27-17(4)33-24/h10-13,21,31H,8-9,14-15H2,1-7H3/t21-/m1/s1. The molecular formula is C26H35N3O3S. The highest BCUT2D eigenvalue weighted by molar-refractivity contribution is 7.14. The molecule has 3 rings (SSSR count). The predicted octanol–water partition coefficient (Wildman–Crippen LogP) is 4.98. The van der Waals surface area contributed by atoms with E-state index in [1.807, 2.05) is 31.2 Å². The number of aliphatic hydroxyl groups is 1. The van der Waals surface area contributed by atoms with Crippen LogP contribution in [-0.2, 0) is 10.2 Å². The largest absolute Gasteiger partial charge is 0.503 e. The molecule has 178 valence electrons. The molecule has 0 unspecified atom stereocenters. The van der Waals surface area contributed by atoms with Crippen LogP contribution in [-0.4, -0.2) is 57.8 Å². The Hall–Kier alpha value is -2.51. The van der Waals surface area contributed by atoms with Crippen LogP contribution < -0.4 is 0 Å². The minimum atomic E-state index is -0.628. The van der Waals surface area contributed by atoms with Crippen molar-refractivity contribution >= 4 is 23.0 Å². The first kappa shape index (κ1) is 25.1. The van der Waals surface area contributed by atoms with Crippen LogP contribution in [0.15, 0.2) is 35.6 Å². The molecule has 2 heterocycles. The Kier molecular flexibility index (Phi) is 7.44. The molecular weight excluding hydrogens is 434 g/mol. The average molecular weight is 470 g/mol. The van der Waals surface area contributed by atoms with Gasteiger partial charge in [0.2, 0.25) is 5.78 Å². The second kappa shape index (κ2) is 9.77. The van der Waals surface area contributed by atoms with E-state index in [1.165, 1.54) is 16.9 Å². The minimum absolute atomic E-state index is 0.0135. The van der Waals surface area contributed by atoms with E-state index < -0.39 is 17.7 Å². The molecule has 0 aliphatic carbocycles. The molecule has 1 aliphatic rings. The topological polar surface area (TPSA) is 73.7 Å². The lowest BCUT2D eigenvalue weighted by molar-refractivity contribution is -0.129. The van der Waals surface area contributed by atoms with Crippen LogP contribution in [0.2, 0.25) is 0 Å². The van der Waals surface area contributed by atoms with Gasteiger partial charge in [-0.15, -0.1) is 11.3 Å². The van der Waals surface area contributed by atoms with Crippen molar-refractivity contribution in [2.75, 3.05) is 26.2 Å². The summed E-state index contributed by atoms with van der Waals surface area (Å²) in [6.07, 6.45) is 0. The van der Waals surface area contributed by atoms with Crippen LogP contribution in [0.25, 0.3) is 0 Å². The highest BCUT2D eigenvalue weighted by Crippen LogP contribution is 2.40. The molecule has 0 fully saturated rings. The number of thiazole rings is 1. The number of rotatable bonds is 8. The summed E-state index contributed by atoms with van der Waals surface area (Å²) in [7, 11) is 0. The van der Waals surface area contributed by atoms with Gasteiger partial charge in [0.1, 0.15) is 0 Å². The maximum atomic E-state index is 13.6. The fraction of sp³-hybridized carbons (Fsp3) is 0.500. The van der Waals surface area contributed by atoms with Crippen molar-refractivity contribution in [1.82, 2.24) is 14.8 Å². The molecule has 6 nitrogen and oxygen atoms in total. The van der Waals surface area contributed by atoms with Gasteiger partial charge >= 0.3 is 0 Å². The fourth-order valence-corrected chi connectivity index (χ4v) is 5.16. The molecule has 33 heavy (non-hydrogen) atoms. The number of carbonyl (C=O) groups excluding carboxylic acids is 2. The van der Waals surface area contributed by atoms with Crippen LogP contribution in [0.5, 0.6) is 0 Å². The lowest BCUT2D eigenvalue weighted by Crippen LogP contribution is -2.38. The number of amides is 1. The van der Waals surface area contributed by atoms with E-state index in [0.717, 1.165) is 23.7 Å². The van der Waals surface area contributed by atoms with Crippen LogP contribution in [0.1, 0.15) is 72.2 Å². The van der Waals surface area contributed by atoms with Gasteiger partial charge in [-0.25, -0.2) is 4.98 Å². The number of nitrogens with zero attached hydrogens (tertiary/aromatic N) is 3. The smallest absolute Gasteiger partial charge is 0.290 e. The summed E-state index contributed by atoms with van der Waals surface area (Å²) < 4.78 is 0. The summed E-state index contributed by atoms with van der Waals surface area (Å²) in [5.74, 6) is -1.26. The van der Waals surface area contributed by atoms with Gasteiger partial charge in [-0.2, -0.15) is 0 Å². The molecule has 1 aromatic carbocycles. The Labute approximate surface area is 200 Å². The van der Waals surface area contributed by atoms with Crippen molar-refractivity contribution in [3.05, 3.63) is 62.3 Å². The van der Waals surface area contributed by atoms with Crippen LogP contribution in [0.3, 0.4) is 0 Å². The van der Waals surface area contributed by atoms with Gasteiger partial charge in [-0.05, 0) is 43.5 Å². The number of likely N-dealkylation sites (N-methyl/N-ethyl adjacent to an activating group) is 1. The molecule has 0 saturated carbocycles. The summed E-state index contributed by atoms with van der Waals surface area (Å²) in [4.78, 5) is 35.5. The van der Waals surface area contributed by atoms with Gasteiger partial charge < -0.3 is 14.9 Å². The third kappa shape index (κ3) is 5.04. The Balaban J connectivity index is 2.06. The highest BCUT2D eigenvalue weighted by Gasteiger charge is 2.44. The van der Waals surface area contributed by atoms with E-state index in [-0.39, 0.29) is 16.8 Å². The molecule has 0 radical (unpaired) electrons. The number of aliphatic hydroxyl groups excluding tert-OH is 1. The maximum Gasteiger partial charge on any atom is 0.290 e. The van der Waals surface area contributed by atoms with E-state index in [9.17, 15) is 14.7 Å². The molecule has 1 amide bonds. The van der Waals surface area contributed by atoms with Crippen molar-refractivity contribution in [3.8, 4) is 0 Å². The zero-order valence-electron chi connectivity index (χ0n) is 20.7. The van der Waals surface area contributed by atoms with Crippen molar-refractivity contribution in [3.63, 3.8) is 0 Å². The molecule has 0 spiro atoms. The van der Waals surface area contributed by atoms with Crippen molar-refractivity contribution in [2.24, 2.45) is 0 Å². The molecule has 0 saturated heterocycles. The van der Waals surface area contributed by atoms with Gasteiger partial charge in [-0.3, -0.25) is 9.59 Å². The Morgan fingerprint density at radius 3 is 2.24 bits per heavy atom. The zero-order chi connectivity index (χ0) is 24.5. The van der Waals surface area contributed by atoms with Crippen LogP contribution in [0.4, 0.5) is 0 Å². The Bertz CT molecular complexity index is 1060. The second-order valence-corrected chi connectivity index (χ2v) is 10.7. The number of Topliss-reactive ketones (excluding diaryl/α,β-unsaturated/α-hetero) is 1. The second-order valence-electron chi connectivity index (χ2n) is 9.54. The minimum Gasteiger partial charge on any atom is -0.503 e. The lowest BCUT2D eigenvalue weighted by Gasteiger charge is -2.30. The molecule has 1 atom stereocenters. The first-order valence-electron chi connectivity index (χ1n) is 11.5. The summed E-state index contributed by atoms with van der Waals surface area (Å²) in [6, 6.07) is 7.40. The maximum absolute atomic E-state index is 13.6. The molecule has 7 heteroatoms. The van der Waals surface area contributed by atoms with Crippen LogP contribution in [0, 0.1) is 13.8 Å². The van der Waals surface area contributed by atoms with Gasteiger partial charge in [0, 0.05) is 13.1 Å². The Morgan fingerprint density at radius 2 is 1.76 bits per heavy atom. The van der Waals surface area contributed by atoms with Gasteiger partial charge in [0.05, 0.1) is 27.2 Å². The summed E-state index contributed by atoms with van der Waals surface area (Å²) in [6.45, 7) is 17.1. The van der Waals surface area contributed by atoms with E-state index >= 15 is 0 Å².